The quantitative estimate of drug-likeness (QED) is 0.751. The molecule has 0 amide bonds. The number of thiazole rings is 1. The fourth-order valence-electron chi connectivity index (χ4n) is 2.30. The number of H-pyrrole nitrogens is 1. The van der Waals surface area contributed by atoms with Gasteiger partial charge in [-0.3, -0.25) is 10.1 Å². The molecule has 2 aromatic heterocycles. The van der Waals surface area contributed by atoms with E-state index < -0.39 is 0 Å². The molecule has 0 saturated carbocycles. The highest BCUT2D eigenvalue weighted by Gasteiger charge is 2.23. The first-order valence-electron chi connectivity index (χ1n) is 5.93. The van der Waals surface area contributed by atoms with Crippen molar-refractivity contribution < 1.29 is 4.39 Å². The minimum atomic E-state index is -0.220. The summed E-state index contributed by atoms with van der Waals surface area (Å²) in [5, 5.41) is 7.92. The van der Waals surface area contributed by atoms with Crippen LogP contribution in [0.5, 0.6) is 0 Å². The highest BCUT2D eigenvalue weighted by molar-refractivity contribution is 7.98. The van der Waals surface area contributed by atoms with Crippen molar-refractivity contribution in [1.29, 1.82) is 0 Å². The molecule has 0 fully saturated rings. The Morgan fingerprint density at radius 2 is 2.15 bits per heavy atom. The third-order valence-electron chi connectivity index (χ3n) is 3.11. The van der Waals surface area contributed by atoms with Gasteiger partial charge in [-0.15, -0.1) is 23.1 Å². The summed E-state index contributed by atoms with van der Waals surface area (Å²) < 4.78 is 14.9. The molecule has 3 aromatic rings. The summed E-state index contributed by atoms with van der Waals surface area (Å²) in [6.07, 6.45) is 5.39. The lowest BCUT2D eigenvalue weighted by atomic mass is 10.1. The topological polar surface area (TPSA) is 44.8 Å². The Bertz CT molecular complexity index is 749. The van der Waals surface area contributed by atoms with Crippen LogP contribution in [0.15, 0.2) is 22.8 Å². The number of rotatable bonds is 3. The lowest BCUT2D eigenvalue weighted by Crippen LogP contribution is -2.12. The third kappa shape index (κ3) is 1.89. The molecule has 4 nitrogen and oxygen atoms in total. The molecular weight excluding hydrogens is 295 g/mol. The molecule has 0 unspecified atom stereocenters. The van der Waals surface area contributed by atoms with Crippen LogP contribution in [0.4, 0.5) is 10.1 Å². The SMILES string of the molecule is CSc1c(F)c(N(C)C)c2[nH]ncc2c1-c1cncs1. The molecule has 7 heteroatoms. The van der Waals surface area contributed by atoms with Crippen molar-refractivity contribution in [2.24, 2.45) is 0 Å². The summed E-state index contributed by atoms with van der Waals surface area (Å²) in [5.74, 6) is -0.220. The number of nitrogens with one attached hydrogen (secondary N) is 1. The summed E-state index contributed by atoms with van der Waals surface area (Å²) in [6.45, 7) is 0. The number of hydrogen-bond donors (Lipinski definition) is 1. The zero-order valence-corrected chi connectivity index (χ0v) is 12.9. The van der Waals surface area contributed by atoms with Crippen LogP contribution in [-0.2, 0) is 0 Å². The summed E-state index contributed by atoms with van der Waals surface area (Å²) in [4.78, 5) is 7.45. The molecular formula is C13H13FN4S2. The van der Waals surface area contributed by atoms with Crippen molar-refractivity contribution in [1.82, 2.24) is 15.2 Å². The van der Waals surface area contributed by atoms with Gasteiger partial charge in [-0.25, -0.2) is 4.39 Å². The van der Waals surface area contributed by atoms with Gasteiger partial charge in [0.25, 0.3) is 0 Å². The van der Waals surface area contributed by atoms with E-state index in [2.05, 4.69) is 15.2 Å². The molecule has 0 aliphatic carbocycles. The average molecular weight is 308 g/mol. The second kappa shape index (κ2) is 5.06. The van der Waals surface area contributed by atoms with Gasteiger partial charge in [0.2, 0.25) is 0 Å². The Labute approximate surface area is 124 Å². The van der Waals surface area contributed by atoms with Gasteiger partial charge in [-0.05, 0) is 6.26 Å². The van der Waals surface area contributed by atoms with Crippen molar-refractivity contribution in [2.45, 2.75) is 4.90 Å². The van der Waals surface area contributed by atoms with E-state index in [-0.39, 0.29) is 5.82 Å². The van der Waals surface area contributed by atoms with E-state index in [9.17, 15) is 4.39 Å². The Kier molecular flexibility index (Phi) is 3.39. The molecule has 0 spiro atoms. The molecule has 3 rings (SSSR count). The van der Waals surface area contributed by atoms with Crippen LogP contribution in [0.1, 0.15) is 0 Å². The smallest absolute Gasteiger partial charge is 0.162 e. The van der Waals surface area contributed by atoms with E-state index >= 15 is 0 Å². The molecule has 0 saturated heterocycles. The molecule has 1 N–H and O–H groups in total. The van der Waals surface area contributed by atoms with Gasteiger partial charge in [-0.2, -0.15) is 5.10 Å². The molecule has 20 heavy (non-hydrogen) atoms. The monoisotopic (exact) mass is 308 g/mol. The number of thioether (sulfide) groups is 1. The maximum Gasteiger partial charge on any atom is 0.162 e. The van der Waals surface area contributed by atoms with Gasteiger partial charge in [0.15, 0.2) is 5.82 Å². The van der Waals surface area contributed by atoms with E-state index in [1.165, 1.54) is 23.1 Å². The Morgan fingerprint density at radius 3 is 2.75 bits per heavy atom. The molecule has 2 heterocycles. The van der Waals surface area contributed by atoms with E-state index in [4.69, 9.17) is 0 Å². The van der Waals surface area contributed by atoms with Gasteiger partial charge in [0, 0.05) is 31.2 Å². The van der Waals surface area contributed by atoms with E-state index in [0.29, 0.717) is 16.1 Å². The number of anilines is 1. The largest absolute Gasteiger partial charge is 0.374 e. The first-order chi connectivity index (χ1) is 9.65. The van der Waals surface area contributed by atoms with Crippen LogP contribution < -0.4 is 4.90 Å². The fourth-order valence-corrected chi connectivity index (χ4v) is 3.75. The third-order valence-corrected chi connectivity index (χ3v) is 4.69. The first kappa shape index (κ1) is 13.4. The second-order valence-electron chi connectivity index (χ2n) is 4.49. The van der Waals surface area contributed by atoms with Crippen molar-refractivity contribution in [3.8, 4) is 10.4 Å². The van der Waals surface area contributed by atoms with Gasteiger partial charge < -0.3 is 4.90 Å². The Hall–Kier alpha value is -1.60. The predicted molar refractivity (Wildman–Crippen MR) is 83.3 cm³/mol. The molecule has 0 atom stereocenters. The van der Waals surface area contributed by atoms with Crippen molar-refractivity contribution in [3.63, 3.8) is 0 Å². The highest BCUT2D eigenvalue weighted by Crippen LogP contribution is 2.44. The molecule has 0 radical (unpaired) electrons. The van der Waals surface area contributed by atoms with Crippen LogP contribution >= 0.6 is 23.1 Å². The van der Waals surface area contributed by atoms with Crippen LogP contribution in [0, 0.1) is 5.82 Å². The number of fused-ring (bicyclic) bond motifs is 1. The van der Waals surface area contributed by atoms with Gasteiger partial charge in [0.1, 0.15) is 0 Å². The van der Waals surface area contributed by atoms with Crippen molar-refractivity contribution in [2.75, 3.05) is 25.3 Å². The van der Waals surface area contributed by atoms with Gasteiger partial charge in [-0.1, -0.05) is 0 Å². The van der Waals surface area contributed by atoms with Gasteiger partial charge in [0.05, 0.1) is 32.7 Å². The summed E-state index contributed by atoms with van der Waals surface area (Å²) in [7, 11) is 3.66. The number of hydrogen-bond acceptors (Lipinski definition) is 5. The minimum absolute atomic E-state index is 0.220. The zero-order valence-electron chi connectivity index (χ0n) is 11.3. The fraction of sp³-hybridized carbons (Fsp3) is 0.231. The number of halogens is 1. The molecule has 1 aromatic carbocycles. The molecule has 0 aliphatic heterocycles. The predicted octanol–water partition coefficient (Wildman–Crippen LogP) is 3.61. The van der Waals surface area contributed by atoms with E-state index in [0.717, 1.165) is 15.8 Å². The van der Waals surface area contributed by atoms with Crippen LogP contribution in [0.3, 0.4) is 0 Å². The van der Waals surface area contributed by atoms with E-state index in [1.54, 1.807) is 22.8 Å². The standard InChI is InChI=1S/C13H13FN4S2/c1-18(2)12-10(14)13(19-3)9(8-5-15-6-20-8)7-4-16-17-11(7)12/h4-6H,1-3H3,(H,16,17). The van der Waals surface area contributed by atoms with Crippen LogP contribution in [0.2, 0.25) is 0 Å². The average Bonchev–Trinajstić information content (AvgIpc) is 3.07. The maximum atomic E-state index is 14.9. The minimum Gasteiger partial charge on any atom is -0.374 e. The summed E-state index contributed by atoms with van der Waals surface area (Å²) in [6, 6.07) is 0. The van der Waals surface area contributed by atoms with Crippen LogP contribution in [-0.4, -0.2) is 35.5 Å². The summed E-state index contributed by atoms with van der Waals surface area (Å²) in [5.41, 5.74) is 3.87. The number of benzene rings is 1. The van der Waals surface area contributed by atoms with Crippen molar-refractivity contribution in [3.05, 3.63) is 23.7 Å². The maximum absolute atomic E-state index is 14.9. The lowest BCUT2D eigenvalue weighted by molar-refractivity contribution is 0.604. The lowest BCUT2D eigenvalue weighted by Gasteiger charge is -2.18. The number of nitrogens with zero attached hydrogens (tertiary/aromatic N) is 3. The zero-order chi connectivity index (χ0) is 14.3. The highest BCUT2D eigenvalue weighted by atomic mass is 32.2. The first-order valence-corrected chi connectivity index (χ1v) is 8.04. The van der Waals surface area contributed by atoms with Crippen LogP contribution in [0.25, 0.3) is 21.3 Å². The normalized spacial score (nSPS) is 11.2. The Morgan fingerprint density at radius 1 is 1.35 bits per heavy atom. The molecule has 104 valence electrons. The molecule has 0 aliphatic rings. The second-order valence-corrected chi connectivity index (χ2v) is 6.19. The Balaban J connectivity index is 2.46. The van der Waals surface area contributed by atoms with Crippen molar-refractivity contribution >= 4 is 39.7 Å². The van der Waals surface area contributed by atoms with E-state index in [1.807, 2.05) is 20.4 Å². The summed E-state index contributed by atoms with van der Waals surface area (Å²) >= 11 is 2.91. The molecule has 0 bridgehead atoms. The number of aromatic nitrogens is 3. The van der Waals surface area contributed by atoms with Gasteiger partial charge >= 0.3 is 0 Å². The number of aromatic amines is 1.